The number of aliphatic carboxylic acids is 1. The lowest BCUT2D eigenvalue weighted by Crippen LogP contribution is -2.24. The van der Waals surface area contributed by atoms with Gasteiger partial charge in [-0.15, -0.1) is 11.3 Å². The Bertz CT molecular complexity index is 672. The fraction of sp³-hybridized carbons (Fsp3) is 0.154. The van der Waals surface area contributed by atoms with Gasteiger partial charge in [0.1, 0.15) is 5.69 Å². The maximum Gasteiger partial charge on any atom is 0.328 e. The second kappa shape index (κ2) is 5.62. The van der Waals surface area contributed by atoms with E-state index in [1.54, 1.807) is 6.07 Å². The summed E-state index contributed by atoms with van der Waals surface area (Å²) in [5.41, 5.74) is 0.699. The van der Waals surface area contributed by atoms with Crippen LogP contribution in [0.15, 0.2) is 34.4 Å². The van der Waals surface area contributed by atoms with Crippen molar-refractivity contribution in [3.63, 3.8) is 0 Å². The number of hydrogen-bond acceptors (Lipinski definition) is 4. The highest BCUT2D eigenvalue weighted by Crippen LogP contribution is 2.22. The molecular formula is C13H12N2O3S. The highest BCUT2D eigenvalue weighted by atomic mass is 32.1. The number of carboxylic acids is 1. The molecule has 0 fully saturated rings. The molecule has 19 heavy (non-hydrogen) atoms. The molecule has 0 saturated carbocycles. The van der Waals surface area contributed by atoms with E-state index >= 15 is 0 Å². The molecule has 0 radical (unpaired) electrons. The van der Waals surface area contributed by atoms with Gasteiger partial charge < -0.3 is 5.11 Å². The number of thiophene rings is 1. The molecule has 2 aromatic rings. The molecule has 0 aliphatic rings. The Morgan fingerprint density at radius 2 is 2.37 bits per heavy atom. The zero-order valence-electron chi connectivity index (χ0n) is 10.2. The SMILES string of the molecule is CCn1nc(-c2cccs2)cc(/C=C/C(=O)O)c1=O. The number of aromatic nitrogens is 2. The smallest absolute Gasteiger partial charge is 0.328 e. The van der Waals surface area contributed by atoms with Crippen LogP contribution in [0.4, 0.5) is 0 Å². The van der Waals surface area contributed by atoms with E-state index in [-0.39, 0.29) is 5.56 Å². The van der Waals surface area contributed by atoms with Crippen LogP contribution in [0.2, 0.25) is 0 Å². The average molecular weight is 276 g/mol. The van der Waals surface area contributed by atoms with Gasteiger partial charge in [0.25, 0.3) is 5.56 Å². The highest BCUT2D eigenvalue weighted by Gasteiger charge is 2.08. The molecule has 0 atom stereocenters. The molecule has 0 aliphatic heterocycles. The van der Waals surface area contributed by atoms with Gasteiger partial charge in [0.2, 0.25) is 0 Å². The van der Waals surface area contributed by atoms with E-state index in [0.29, 0.717) is 17.8 Å². The topological polar surface area (TPSA) is 72.2 Å². The van der Waals surface area contributed by atoms with Crippen molar-refractivity contribution in [2.75, 3.05) is 0 Å². The lowest BCUT2D eigenvalue weighted by molar-refractivity contribution is -0.131. The van der Waals surface area contributed by atoms with E-state index in [4.69, 9.17) is 5.11 Å². The summed E-state index contributed by atoms with van der Waals surface area (Å²) in [5.74, 6) is -1.09. The number of rotatable bonds is 4. The zero-order valence-corrected chi connectivity index (χ0v) is 11.1. The van der Waals surface area contributed by atoms with Crippen LogP contribution in [0, 0.1) is 0 Å². The predicted molar refractivity (Wildman–Crippen MR) is 74.2 cm³/mol. The summed E-state index contributed by atoms with van der Waals surface area (Å²) in [4.78, 5) is 23.5. The molecule has 2 rings (SSSR count). The molecule has 0 unspecified atom stereocenters. The minimum atomic E-state index is -1.09. The van der Waals surface area contributed by atoms with Gasteiger partial charge in [0, 0.05) is 18.2 Å². The third-order valence-electron chi connectivity index (χ3n) is 2.48. The second-order valence-electron chi connectivity index (χ2n) is 3.75. The van der Waals surface area contributed by atoms with Gasteiger partial charge in [-0.25, -0.2) is 9.48 Å². The van der Waals surface area contributed by atoms with Crippen molar-refractivity contribution in [1.29, 1.82) is 0 Å². The Morgan fingerprint density at radius 1 is 1.58 bits per heavy atom. The van der Waals surface area contributed by atoms with Crippen LogP contribution in [0.1, 0.15) is 12.5 Å². The molecule has 5 nitrogen and oxygen atoms in total. The van der Waals surface area contributed by atoms with Crippen molar-refractivity contribution in [3.8, 4) is 10.6 Å². The molecule has 0 bridgehead atoms. The summed E-state index contributed by atoms with van der Waals surface area (Å²) in [5, 5.41) is 14.8. The van der Waals surface area contributed by atoms with Crippen LogP contribution in [-0.2, 0) is 11.3 Å². The molecule has 1 N–H and O–H groups in total. The maximum atomic E-state index is 12.0. The molecule has 0 spiro atoms. The van der Waals surface area contributed by atoms with Crippen molar-refractivity contribution in [2.45, 2.75) is 13.5 Å². The van der Waals surface area contributed by atoms with Crippen molar-refractivity contribution in [3.05, 3.63) is 45.6 Å². The summed E-state index contributed by atoms with van der Waals surface area (Å²) in [6, 6.07) is 5.41. The second-order valence-corrected chi connectivity index (χ2v) is 4.70. The van der Waals surface area contributed by atoms with Gasteiger partial charge in [0.05, 0.1) is 4.88 Å². The van der Waals surface area contributed by atoms with Gasteiger partial charge in [-0.2, -0.15) is 5.10 Å². The van der Waals surface area contributed by atoms with Crippen LogP contribution in [0.25, 0.3) is 16.6 Å². The van der Waals surface area contributed by atoms with E-state index in [2.05, 4.69) is 5.10 Å². The molecular weight excluding hydrogens is 264 g/mol. The van der Waals surface area contributed by atoms with Gasteiger partial charge >= 0.3 is 5.97 Å². The van der Waals surface area contributed by atoms with E-state index in [0.717, 1.165) is 11.0 Å². The molecule has 0 aliphatic carbocycles. The summed E-state index contributed by atoms with van der Waals surface area (Å²) in [7, 11) is 0. The van der Waals surface area contributed by atoms with Crippen LogP contribution in [0.3, 0.4) is 0 Å². The molecule has 2 heterocycles. The van der Waals surface area contributed by atoms with Gasteiger partial charge in [-0.05, 0) is 30.5 Å². The van der Waals surface area contributed by atoms with Crippen LogP contribution < -0.4 is 5.56 Å². The first-order valence-corrected chi connectivity index (χ1v) is 6.57. The van der Waals surface area contributed by atoms with Crippen LogP contribution >= 0.6 is 11.3 Å². The van der Waals surface area contributed by atoms with Gasteiger partial charge in [-0.1, -0.05) is 6.07 Å². The predicted octanol–water partition coefficient (Wildman–Crippen LogP) is 2.09. The largest absolute Gasteiger partial charge is 0.478 e. The van der Waals surface area contributed by atoms with Crippen molar-refractivity contribution in [1.82, 2.24) is 9.78 Å². The minimum Gasteiger partial charge on any atom is -0.478 e. The Morgan fingerprint density at radius 3 is 2.95 bits per heavy atom. The summed E-state index contributed by atoms with van der Waals surface area (Å²) >= 11 is 1.52. The monoisotopic (exact) mass is 276 g/mol. The summed E-state index contributed by atoms with van der Waals surface area (Å²) < 4.78 is 1.33. The Labute approximate surface area is 113 Å². The van der Waals surface area contributed by atoms with E-state index in [9.17, 15) is 9.59 Å². The average Bonchev–Trinajstić information content (AvgIpc) is 2.91. The lowest BCUT2D eigenvalue weighted by atomic mass is 10.2. The fourth-order valence-corrected chi connectivity index (χ4v) is 2.28. The quantitative estimate of drug-likeness (QED) is 0.868. The zero-order chi connectivity index (χ0) is 13.8. The summed E-state index contributed by atoms with van der Waals surface area (Å²) in [6.07, 6.45) is 2.25. The molecule has 2 aromatic heterocycles. The number of nitrogens with zero attached hydrogens (tertiary/aromatic N) is 2. The first-order chi connectivity index (χ1) is 9.11. The van der Waals surface area contributed by atoms with Crippen LogP contribution in [0.5, 0.6) is 0 Å². The molecule has 0 saturated heterocycles. The number of hydrogen-bond donors (Lipinski definition) is 1. The standard InChI is InChI=1S/C13H12N2O3S/c1-2-15-13(18)9(5-6-12(16)17)8-10(14-15)11-4-3-7-19-11/h3-8H,2H2,1H3,(H,16,17)/b6-5+. The number of aryl methyl sites for hydroxylation is 1. The molecule has 0 aromatic carbocycles. The molecule has 0 amide bonds. The van der Waals surface area contributed by atoms with Gasteiger partial charge in [0.15, 0.2) is 0 Å². The Balaban J connectivity index is 2.56. The minimum absolute atomic E-state index is 0.291. The molecule has 98 valence electrons. The Hall–Kier alpha value is -2.21. The first kappa shape index (κ1) is 13.2. The van der Waals surface area contributed by atoms with E-state index in [1.807, 2.05) is 24.4 Å². The van der Waals surface area contributed by atoms with E-state index < -0.39 is 5.97 Å². The summed E-state index contributed by atoms with van der Waals surface area (Å²) in [6.45, 7) is 2.25. The number of carboxylic acid groups (broad SMARTS) is 1. The van der Waals surface area contributed by atoms with Crippen LogP contribution in [-0.4, -0.2) is 20.9 Å². The number of carbonyl (C=O) groups is 1. The van der Waals surface area contributed by atoms with Gasteiger partial charge in [-0.3, -0.25) is 4.79 Å². The maximum absolute atomic E-state index is 12.0. The van der Waals surface area contributed by atoms with Crippen molar-refractivity contribution in [2.24, 2.45) is 0 Å². The third-order valence-corrected chi connectivity index (χ3v) is 3.37. The van der Waals surface area contributed by atoms with Crippen molar-refractivity contribution >= 4 is 23.4 Å². The third kappa shape index (κ3) is 2.97. The first-order valence-electron chi connectivity index (χ1n) is 5.69. The lowest BCUT2D eigenvalue weighted by Gasteiger charge is -2.05. The normalized spacial score (nSPS) is 11.0. The van der Waals surface area contributed by atoms with Crippen molar-refractivity contribution < 1.29 is 9.90 Å². The molecule has 6 heteroatoms. The fourth-order valence-electron chi connectivity index (χ4n) is 1.60. The Kier molecular flexibility index (Phi) is 3.91. The van der Waals surface area contributed by atoms with E-state index in [1.165, 1.54) is 22.1 Å². The highest BCUT2D eigenvalue weighted by molar-refractivity contribution is 7.13.